The normalized spacial score (nSPS) is 21.2. The molecule has 0 aromatic heterocycles. The van der Waals surface area contributed by atoms with Crippen molar-refractivity contribution in [2.45, 2.75) is 52.2 Å². The SMILES string of the molecule is CCN(CCCNC1CCS(=O)(=O)C1)C(=O)OC(C)(C)C. The lowest BCUT2D eigenvalue weighted by molar-refractivity contribution is 0.0258. The molecule has 21 heavy (non-hydrogen) atoms. The number of sulfone groups is 1. The van der Waals surface area contributed by atoms with Crippen LogP contribution in [0.2, 0.25) is 0 Å². The minimum atomic E-state index is -2.83. The lowest BCUT2D eigenvalue weighted by Gasteiger charge is -2.26. The fourth-order valence-electron chi connectivity index (χ4n) is 2.24. The molecule has 0 aliphatic carbocycles. The van der Waals surface area contributed by atoms with Crippen LogP contribution in [-0.4, -0.2) is 62.2 Å². The van der Waals surface area contributed by atoms with E-state index in [1.54, 1.807) is 4.90 Å². The lowest BCUT2D eigenvalue weighted by Crippen LogP contribution is -2.39. The second-order valence-corrected chi connectivity index (χ2v) is 8.70. The zero-order valence-corrected chi connectivity index (χ0v) is 14.3. The molecule has 1 aliphatic rings. The highest BCUT2D eigenvalue weighted by atomic mass is 32.2. The molecule has 1 fully saturated rings. The van der Waals surface area contributed by atoms with Gasteiger partial charge in [-0.05, 0) is 47.1 Å². The maximum atomic E-state index is 11.9. The number of amides is 1. The zero-order valence-electron chi connectivity index (χ0n) is 13.5. The molecule has 0 saturated carbocycles. The van der Waals surface area contributed by atoms with E-state index in [1.807, 2.05) is 27.7 Å². The summed E-state index contributed by atoms with van der Waals surface area (Å²) in [5, 5.41) is 3.25. The van der Waals surface area contributed by atoms with E-state index in [0.29, 0.717) is 26.1 Å². The first-order valence-electron chi connectivity index (χ1n) is 7.54. The molecule has 0 spiro atoms. The second kappa shape index (κ2) is 7.45. The van der Waals surface area contributed by atoms with Gasteiger partial charge in [0.15, 0.2) is 9.84 Å². The fraction of sp³-hybridized carbons (Fsp3) is 0.929. The Morgan fingerprint density at radius 2 is 2.05 bits per heavy atom. The first-order chi connectivity index (χ1) is 9.63. The van der Waals surface area contributed by atoms with Crippen LogP contribution < -0.4 is 5.32 Å². The molecule has 0 radical (unpaired) electrons. The Kier molecular flexibility index (Phi) is 6.46. The number of hydrogen-bond donors (Lipinski definition) is 1. The molecule has 0 aromatic carbocycles. The van der Waals surface area contributed by atoms with E-state index in [4.69, 9.17) is 4.74 Å². The van der Waals surface area contributed by atoms with Crippen LogP contribution in [0.4, 0.5) is 4.79 Å². The van der Waals surface area contributed by atoms with Gasteiger partial charge in [0.25, 0.3) is 0 Å². The van der Waals surface area contributed by atoms with Crippen molar-refractivity contribution in [3.63, 3.8) is 0 Å². The smallest absolute Gasteiger partial charge is 0.410 e. The van der Waals surface area contributed by atoms with Crippen LogP contribution in [0.15, 0.2) is 0 Å². The van der Waals surface area contributed by atoms with E-state index in [0.717, 1.165) is 6.42 Å². The van der Waals surface area contributed by atoms with Crippen molar-refractivity contribution in [3.05, 3.63) is 0 Å². The van der Waals surface area contributed by atoms with Gasteiger partial charge in [0.1, 0.15) is 5.60 Å². The summed E-state index contributed by atoms with van der Waals surface area (Å²) in [4.78, 5) is 13.6. The van der Waals surface area contributed by atoms with Crippen LogP contribution in [0.5, 0.6) is 0 Å². The summed E-state index contributed by atoms with van der Waals surface area (Å²) in [5.41, 5.74) is -0.485. The number of rotatable bonds is 6. The maximum absolute atomic E-state index is 11.9. The molecule has 7 heteroatoms. The van der Waals surface area contributed by atoms with Gasteiger partial charge in [-0.2, -0.15) is 0 Å². The fourth-order valence-corrected chi connectivity index (χ4v) is 3.94. The number of ether oxygens (including phenoxy) is 1. The van der Waals surface area contributed by atoms with Crippen molar-refractivity contribution in [2.24, 2.45) is 0 Å². The van der Waals surface area contributed by atoms with Gasteiger partial charge in [-0.15, -0.1) is 0 Å². The van der Waals surface area contributed by atoms with Crippen molar-refractivity contribution in [3.8, 4) is 0 Å². The summed E-state index contributed by atoms with van der Waals surface area (Å²) >= 11 is 0. The van der Waals surface area contributed by atoms with Crippen LogP contribution in [0.25, 0.3) is 0 Å². The topological polar surface area (TPSA) is 75.7 Å². The van der Waals surface area contributed by atoms with Crippen LogP contribution >= 0.6 is 0 Å². The first-order valence-corrected chi connectivity index (χ1v) is 9.37. The Bertz CT molecular complexity index is 442. The largest absolute Gasteiger partial charge is 0.444 e. The molecular formula is C14H28N2O4S. The van der Waals surface area contributed by atoms with Crippen molar-refractivity contribution in [1.82, 2.24) is 10.2 Å². The maximum Gasteiger partial charge on any atom is 0.410 e. The van der Waals surface area contributed by atoms with E-state index in [1.165, 1.54) is 0 Å². The quantitative estimate of drug-likeness (QED) is 0.749. The lowest BCUT2D eigenvalue weighted by atomic mass is 10.2. The van der Waals surface area contributed by atoms with Gasteiger partial charge in [0.05, 0.1) is 11.5 Å². The molecule has 1 rings (SSSR count). The Morgan fingerprint density at radius 1 is 1.38 bits per heavy atom. The first kappa shape index (κ1) is 18.2. The highest BCUT2D eigenvalue weighted by molar-refractivity contribution is 7.91. The van der Waals surface area contributed by atoms with Gasteiger partial charge >= 0.3 is 6.09 Å². The number of carbonyl (C=O) groups is 1. The minimum Gasteiger partial charge on any atom is -0.444 e. The molecular weight excluding hydrogens is 292 g/mol. The van der Waals surface area contributed by atoms with Gasteiger partial charge in [0.2, 0.25) is 0 Å². The third-order valence-electron chi connectivity index (χ3n) is 3.30. The van der Waals surface area contributed by atoms with Crippen LogP contribution in [-0.2, 0) is 14.6 Å². The van der Waals surface area contributed by atoms with Crippen LogP contribution in [0.3, 0.4) is 0 Å². The standard InChI is InChI=1S/C14H28N2O4S/c1-5-16(13(17)20-14(2,3)4)9-6-8-15-12-7-10-21(18,19)11-12/h12,15H,5-11H2,1-4H3. The second-order valence-electron chi connectivity index (χ2n) is 6.47. The predicted octanol–water partition coefficient (Wildman–Crippen LogP) is 1.41. The Morgan fingerprint density at radius 3 is 2.52 bits per heavy atom. The van der Waals surface area contributed by atoms with E-state index in [9.17, 15) is 13.2 Å². The molecule has 1 unspecified atom stereocenters. The molecule has 1 N–H and O–H groups in total. The minimum absolute atomic E-state index is 0.0617. The Hall–Kier alpha value is -0.820. The average Bonchev–Trinajstić information content (AvgIpc) is 2.66. The molecule has 1 atom stereocenters. The molecule has 0 aromatic rings. The van der Waals surface area contributed by atoms with Crippen molar-refractivity contribution >= 4 is 15.9 Å². The Labute approximate surface area is 128 Å². The van der Waals surface area contributed by atoms with E-state index in [2.05, 4.69) is 5.32 Å². The molecule has 1 heterocycles. The summed E-state index contributed by atoms with van der Waals surface area (Å²) < 4.78 is 28.0. The van der Waals surface area contributed by atoms with Gasteiger partial charge in [-0.25, -0.2) is 13.2 Å². The molecule has 1 saturated heterocycles. The average molecular weight is 320 g/mol. The summed E-state index contributed by atoms with van der Waals surface area (Å²) in [6.07, 6.45) is 1.17. The third kappa shape index (κ3) is 7.13. The van der Waals surface area contributed by atoms with E-state index >= 15 is 0 Å². The summed E-state index contributed by atoms with van der Waals surface area (Å²) in [5.74, 6) is 0.514. The van der Waals surface area contributed by atoms with Crippen LogP contribution in [0.1, 0.15) is 40.5 Å². The van der Waals surface area contributed by atoms with Crippen LogP contribution in [0, 0.1) is 0 Å². The van der Waals surface area contributed by atoms with Gasteiger partial charge in [-0.1, -0.05) is 0 Å². The summed E-state index contributed by atoms with van der Waals surface area (Å²) in [7, 11) is -2.83. The molecule has 124 valence electrons. The highest BCUT2D eigenvalue weighted by Crippen LogP contribution is 2.12. The highest BCUT2D eigenvalue weighted by Gasteiger charge is 2.27. The molecule has 0 bridgehead atoms. The van der Waals surface area contributed by atoms with Crippen molar-refractivity contribution < 1.29 is 17.9 Å². The molecule has 1 amide bonds. The number of hydrogen-bond acceptors (Lipinski definition) is 5. The van der Waals surface area contributed by atoms with Gasteiger partial charge in [-0.3, -0.25) is 0 Å². The molecule has 6 nitrogen and oxygen atoms in total. The number of nitrogens with zero attached hydrogens (tertiary/aromatic N) is 1. The van der Waals surface area contributed by atoms with Crippen molar-refractivity contribution in [2.75, 3.05) is 31.1 Å². The monoisotopic (exact) mass is 320 g/mol. The van der Waals surface area contributed by atoms with E-state index < -0.39 is 15.4 Å². The zero-order chi connectivity index (χ0) is 16.1. The number of carbonyl (C=O) groups excluding carboxylic acids is 1. The molecule has 1 aliphatic heterocycles. The number of nitrogens with one attached hydrogen (secondary N) is 1. The van der Waals surface area contributed by atoms with Crippen molar-refractivity contribution in [1.29, 1.82) is 0 Å². The summed E-state index contributed by atoms with van der Waals surface area (Å²) in [6.45, 7) is 9.38. The predicted molar refractivity (Wildman–Crippen MR) is 83.2 cm³/mol. The Balaban J connectivity index is 2.25. The van der Waals surface area contributed by atoms with Gasteiger partial charge in [0, 0.05) is 19.1 Å². The summed E-state index contributed by atoms with van der Waals surface area (Å²) in [6, 6.07) is 0.0617. The third-order valence-corrected chi connectivity index (χ3v) is 5.07. The van der Waals surface area contributed by atoms with E-state index in [-0.39, 0.29) is 23.6 Å². The van der Waals surface area contributed by atoms with Gasteiger partial charge < -0.3 is 15.0 Å².